The minimum absolute atomic E-state index is 0.00240. The molecule has 1 atom stereocenters. The molecule has 0 heterocycles. The van der Waals surface area contributed by atoms with Gasteiger partial charge in [-0.3, -0.25) is 9.52 Å². The van der Waals surface area contributed by atoms with E-state index < -0.39 is 10.0 Å². The van der Waals surface area contributed by atoms with E-state index in [0.717, 1.165) is 5.56 Å². The second kappa shape index (κ2) is 8.11. The molecular weight excluding hydrogens is 306 g/mol. The number of rotatable bonds is 8. The lowest BCUT2D eigenvalue weighted by atomic mass is 10.1. The van der Waals surface area contributed by atoms with Crippen molar-refractivity contribution in [2.45, 2.75) is 26.4 Å². The van der Waals surface area contributed by atoms with E-state index in [-0.39, 0.29) is 30.7 Å². The lowest BCUT2D eigenvalue weighted by Crippen LogP contribution is -2.28. The molecule has 0 radical (unpaired) electrons. The van der Waals surface area contributed by atoms with Gasteiger partial charge in [-0.05, 0) is 37.6 Å². The third-order valence-corrected chi connectivity index (χ3v) is 4.46. The molecule has 7 nitrogen and oxygen atoms in total. The summed E-state index contributed by atoms with van der Waals surface area (Å²) in [5.74, 6) is -0.207. The smallest absolute Gasteiger partial charge is 0.232 e. The number of nitrogens with two attached hydrogens (primary N) is 1. The molecule has 0 aromatic heterocycles. The van der Waals surface area contributed by atoms with Crippen molar-refractivity contribution in [2.75, 3.05) is 29.4 Å². The van der Waals surface area contributed by atoms with Crippen molar-refractivity contribution in [1.29, 1.82) is 0 Å². The van der Waals surface area contributed by atoms with Crippen LogP contribution in [0.2, 0.25) is 0 Å². The number of sulfonamides is 1. The maximum Gasteiger partial charge on any atom is 0.232 e. The molecule has 22 heavy (non-hydrogen) atoms. The Labute approximate surface area is 131 Å². The highest BCUT2D eigenvalue weighted by atomic mass is 32.2. The summed E-state index contributed by atoms with van der Waals surface area (Å²) < 4.78 is 30.7. The summed E-state index contributed by atoms with van der Waals surface area (Å²) in [5, 5.41) is 2.73. The van der Waals surface area contributed by atoms with Crippen LogP contribution < -0.4 is 15.8 Å². The van der Waals surface area contributed by atoms with Gasteiger partial charge in [-0.2, -0.15) is 0 Å². The van der Waals surface area contributed by atoms with Gasteiger partial charge in [0.2, 0.25) is 15.9 Å². The number of amides is 1. The quantitative estimate of drug-likeness (QED) is 0.660. The molecule has 0 fully saturated rings. The molecule has 1 rings (SSSR count). The summed E-state index contributed by atoms with van der Waals surface area (Å²) in [7, 11) is -1.82. The van der Waals surface area contributed by atoms with Gasteiger partial charge in [0.05, 0.1) is 24.0 Å². The minimum Gasteiger partial charge on any atom is -0.380 e. The van der Waals surface area contributed by atoms with E-state index in [9.17, 15) is 13.2 Å². The Morgan fingerprint density at radius 1 is 1.41 bits per heavy atom. The van der Waals surface area contributed by atoms with Gasteiger partial charge >= 0.3 is 0 Å². The second-order valence-corrected chi connectivity index (χ2v) is 6.89. The molecule has 1 aromatic carbocycles. The monoisotopic (exact) mass is 329 g/mol. The number of carbonyl (C=O) groups is 1. The predicted molar refractivity (Wildman–Crippen MR) is 87.4 cm³/mol. The van der Waals surface area contributed by atoms with Gasteiger partial charge in [-0.25, -0.2) is 8.42 Å². The van der Waals surface area contributed by atoms with Crippen molar-refractivity contribution in [3.05, 3.63) is 23.8 Å². The minimum atomic E-state index is -3.32. The van der Waals surface area contributed by atoms with E-state index in [4.69, 9.17) is 10.5 Å². The van der Waals surface area contributed by atoms with E-state index in [1.807, 2.05) is 0 Å². The van der Waals surface area contributed by atoms with Crippen LogP contribution in [0, 0.1) is 6.92 Å². The zero-order chi connectivity index (χ0) is 16.8. The van der Waals surface area contributed by atoms with Gasteiger partial charge < -0.3 is 15.8 Å². The number of nitrogens with one attached hydrogen (secondary N) is 2. The Hall–Kier alpha value is -1.64. The second-order valence-electron chi connectivity index (χ2n) is 4.88. The first-order valence-corrected chi connectivity index (χ1v) is 8.60. The van der Waals surface area contributed by atoms with Crippen molar-refractivity contribution in [2.24, 2.45) is 5.73 Å². The SMILES string of the molecule is CCS(=O)(=O)Nc1ccc(NC(=O)CC(CN)OC)cc1C. The van der Waals surface area contributed by atoms with Crippen molar-refractivity contribution in [3.63, 3.8) is 0 Å². The first-order valence-electron chi connectivity index (χ1n) is 6.95. The highest BCUT2D eigenvalue weighted by molar-refractivity contribution is 7.92. The van der Waals surface area contributed by atoms with Gasteiger partial charge in [0.25, 0.3) is 0 Å². The zero-order valence-corrected chi connectivity index (χ0v) is 13.9. The Morgan fingerprint density at radius 3 is 2.59 bits per heavy atom. The maximum absolute atomic E-state index is 11.9. The zero-order valence-electron chi connectivity index (χ0n) is 13.0. The average molecular weight is 329 g/mol. The van der Waals surface area contributed by atoms with Gasteiger partial charge in [0.15, 0.2) is 0 Å². The highest BCUT2D eigenvalue weighted by Gasteiger charge is 2.13. The predicted octanol–water partition coefficient (Wildman–Crippen LogP) is 1.06. The molecule has 0 saturated heterocycles. The first-order chi connectivity index (χ1) is 10.3. The first kappa shape index (κ1) is 18.4. The van der Waals surface area contributed by atoms with Crippen molar-refractivity contribution in [1.82, 2.24) is 0 Å². The van der Waals surface area contributed by atoms with Crippen molar-refractivity contribution >= 4 is 27.3 Å². The van der Waals surface area contributed by atoms with Gasteiger partial charge in [0.1, 0.15) is 0 Å². The van der Waals surface area contributed by atoms with Crippen LogP contribution in [0.25, 0.3) is 0 Å². The summed E-state index contributed by atoms with van der Waals surface area (Å²) in [6.45, 7) is 3.59. The fourth-order valence-electron chi connectivity index (χ4n) is 1.78. The fourth-order valence-corrected chi connectivity index (χ4v) is 2.49. The summed E-state index contributed by atoms with van der Waals surface area (Å²) in [6, 6.07) is 4.97. The number of methoxy groups -OCH3 is 1. The largest absolute Gasteiger partial charge is 0.380 e. The fraction of sp³-hybridized carbons (Fsp3) is 0.500. The van der Waals surface area contributed by atoms with Crippen molar-refractivity contribution in [3.8, 4) is 0 Å². The molecule has 124 valence electrons. The van der Waals surface area contributed by atoms with E-state index in [1.54, 1.807) is 32.0 Å². The molecule has 1 aromatic rings. The summed E-state index contributed by atoms with van der Waals surface area (Å²) in [4.78, 5) is 11.9. The van der Waals surface area contributed by atoms with E-state index >= 15 is 0 Å². The number of hydrogen-bond donors (Lipinski definition) is 3. The standard InChI is InChI=1S/C14H23N3O4S/c1-4-22(19,20)17-13-6-5-11(7-10(13)2)16-14(18)8-12(9-15)21-3/h5-7,12,17H,4,8-9,15H2,1-3H3,(H,16,18). The maximum atomic E-state index is 11.9. The number of benzene rings is 1. The van der Waals surface area contributed by atoms with Crippen LogP contribution in [-0.4, -0.2) is 39.8 Å². The van der Waals surface area contributed by atoms with Crippen LogP contribution in [-0.2, 0) is 19.6 Å². The van der Waals surface area contributed by atoms with Gasteiger partial charge in [-0.15, -0.1) is 0 Å². The van der Waals surface area contributed by atoms with E-state index in [1.165, 1.54) is 7.11 Å². The summed E-state index contributed by atoms with van der Waals surface area (Å²) in [5.41, 5.74) is 7.28. The van der Waals surface area contributed by atoms with Crippen molar-refractivity contribution < 1.29 is 17.9 Å². The Morgan fingerprint density at radius 2 is 2.09 bits per heavy atom. The van der Waals surface area contributed by atoms with Crippen LogP contribution in [0.1, 0.15) is 18.9 Å². The molecule has 1 unspecified atom stereocenters. The molecule has 1 amide bonds. The molecule has 0 saturated carbocycles. The van der Waals surface area contributed by atoms with Gasteiger partial charge in [-0.1, -0.05) is 0 Å². The highest BCUT2D eigenvalue weighted by Crippen LogP contribution is 2.21. The Bertz CT molecular complexity index is 613. The topological polar surface area (TPSA) is 111 Å². The summed E-state index contributed by atoms with van der Waals surface area (Å²) in [6.07, 6.45) is -0.160. The molecular formula is C14H23N3O4S. The van der Waals surface area contributed by atoms with E-state index in [0.29, 0.717) is 11.4 Å². The Balaban J connectivity index is 2.75. The molecule has 0 aliphatic heterocycles. The summed E-state index contributed by atoms with van der Waals surface area (Å²) >= 11 is 0. The molecule has 0 aliphatic carbocycles. The van der Waals surface area contributed by atoms with Crippen LogP contribution in [0.5, 0.6) is 0 Å². The van der Waals surface area contributed by atoms with Gasteiger partial charge in [0, 0.05) is 19.3 Å². The molecule has 4 N–H and O–H groups in total. The number of anilines is 2. The van der Waals surface area contributed by atoms with Crippen LogP contribution >= 0.6 is 0 Å². The lowest BCUT2D eigenvalue weighted by molar-refractivity contribution is -0.118. The van der Waals surface area contributed by atoms with E-state index in [2.05, 4.69) is 10.0 Å². The van der Waals surface area contributed by atoms with Crippen LogP contribution in [0.4, 0.5) is 11.4 Å². The third kappa shape index (κ3) is 5.63. The number of aryl methyl sites for hydroxylation is 1. The lowest BCUT2D eigenvalue weighted by Gasteiger charge is -2.14. The molecule has 0 bridgehead atoms. The number of hydrogen-bond acceptors (Lipinski definition) is 5. The normalized spacial score (nSPS) is 12.7. The van der Waals surface area contributed by atoms with Crippen LogP contribution in [0.3, 0.4) is 0 Å². The van der Waals surface area contributed by atoms with Crippen LogP contribution in [0.15, 0.2) is 18.2 Å². The molecule has 8 heteroatoms. The Kier molecular flexibility index (Phi) is 6.79. The third-order valence-electron chi connectivity index (χ3n) is 3.16. The number of carbonyl (C=O) groups excluding carboxylic acids is 1. The molecule has 0 aliphatic rings. The average Bonchev–Trinajstić information content (AvgIpc) is 2.47. The molecule has 0 spiro atoms. The number of ether oxygens (including phenoxy) is 1.